The molecule has 0 spiro atoms. The molecule has 5 heteroatoms. The highest BCUT2D eigenvalue weighted by Crippen LogP contribution is 2.29. The number of carbonyl (C=O) groups excluding carboxylic acids is 2. The molecule has 1 fully saturated rings. The molecule has 1 unspecified atom stereocenters. The molecule has 0 saturated heterocycles. The van der Waals surface area contributed by atoms with Crippen molar-refractivity contribution in [2.45, 2.75) is 32.1 Å². The van der Waals surface area contributed by atoms with Crippen LogP contribution in [-0.2, 0) is 9.59 Å². The summed E-state index contributed by atoms with van der Waals surface area (Å²) >= 11 is 0. The molecule has 134 valence electrons. The van der Waals surface area contributed by atoms with E-state index in [1.165, 1.54) is 12.8 Å². The number of nitrogens with one attached hydrogen (secondary N) is 2. The molecule has 1 saturated carbocycles. The van der Waals surface area contributed by atoms with Gasteiger partial charge in [0.05, 0.1) is 17.9 Å². The van der Waals surface area contributed by atoms with Crippen molar-refractivity contribution in [2.24, 2.45) is 11.8 Å². The number of likely N-dealkylation sites (N-methyl/N-ethyl adjacent to an activating group) is 1. The second-order valence-corrected chi connectivity index (χ2v) is 7.13. The molecular weight excluding hydrogens is 314 g/mol. The number of amides is 2. The second-order valence-electron chi connectivity index (χ2n) is 7.13. The predicted octanol–water partition coefficient (Wildman–Crippen LogP) is 3.26. The van der Waals surface area contributed by atoms with Gasteiger partial charge in [0.2, 0.25) is 11.8 Å². The van der Waals surface area contributed by atoms with Crippen LogP contribution in [0.3, 0.4) is 0 Å². The maximum atomic E-state index is 12.2. The summed E-state index contributed by atoms with van der Waals surface area (Å²) < 4.78 is 0. The number of nitrogens with zero attached hydrogens (tertiary/aromatic N) is 1. The first-order chi connectivity index (χ1) is 12.1. The van der Waals surface area contributed by atoms with Crippen molar-refractivity contribution in [3.63, 3.8) is 0 Å². The molecule has 0 aliphatic heterocycles. The van der Waals surface area contributed by atoms with Gasteiger partial charge in [-0.2, -0.15) is 0 Å². The number of hydrogen-bond donors (Lipinski definition) is 2. The summed E-state index contributed by atoms with van der Waals surface area (Å²) in [6.07, 6.45) is 9.34. The van der Waals surface area contributed by atoms with Gasteiger partial charge in [-0.15, -0.1) is 0 Å². The fourth-order valence-electron chi connectivity index (χ4n) is 3.15. The average molecular weight is 341 g/mol. The fraction of sp³-hybridized carbons (Fsp3) is 0.500. The molecule has 1 aromatic rings. The van der Waals surface area contributed by atoms with Gasteiger partial charge in [-0.25, -0.2) is 0 Å². The van der Waals surface area contributed by atoms with E-state index in [0.717, 1.165) is 30.8 Å². The minimum Gasteiger partial charge on any atom is -0.374 e. The second kappa shape index (κ2) is 8.19. The van der Waals surface area contributed by atoms with Crippen LogP contribution in [0.1, 0.15) is 32.1 Å². The van der Waals surface area contributed by atoms with Crippen molar-refractivity contribution in [1.82, 2.24) is 4.90 Å². The van der Waals surface area contributed by atoms with E-state index < -0.39 is 0 Å². The maximum absolute atomic E-state index is 12.2. The number of benzene rings is 1. The zero-order chi connectivity index (χ0) is 17.6. The quantitative estimate of drug-likeness (QED) is 0.714. The van der Waals surface area contributed by atoms with Crippen molar-refractivity contribution in [3.05, 3.63) is 36.4 Å². The van der Waals surface area contributed by atoms with Crippen LogP contribution in [0.4, 0.5) is 11.4 Å². The Bertz CT molecular complexity index is 652. The highest BCUT2D eigenvalue weighted by atomic mass is 16.2. The lowest BCUT2D eigenvalue weighted by Crippen LogP contribution is -2.33. The molecule has 2 aliphatic rings. The lowest BCUT2D eigenvalue weighted by molar-refractivity contribution is -0.128. The lowest BCUT2D eigenvalue weighted by atomic mass is 10.0. The fourth-order valence-corrected chi connectivity index (χ4v) is 3.15. The predicted molar refractivity (Wildman–Crippen MR) is 100 cm³/mol. The zero-order valence-corrected chi connectivity index (χ0v) is 14.8. The lowest BCUT2D eigenvalue weighted by Gasteiger charge is -2.19. The van der Waals surface area contributed by atoms with Gasteiger partial charge in [0, 0.05) is 20.0 Å². The minimum atomic E-state index is 0.0166. The van der Waals surface area contributed by atoms with Crippen LogP contribution in [0.15, 0.2) is 36.4 Å². The summed E-state index contributed by atoms with van der Waals surface area (Å²) in [5.74, 6) is 1.12. The third-order valence-electron chi connectivity index (χ3n) is 4.85. The molecule has 0 radical (unpaired) electrons. The van der Waals surface area contributed by atoms with Gasteiger partial charge in [0.15, 0.2) is 0 Å². The standard InChI is InChI=1S/C20H27N3O2/c1-23(14-16-10-11-16)20(25)13-21-17-8-4-5-9-18(17)22-19(24)12-15-6-2-3-7-15/h2,4-6,8-9,15-16,21H,3,7,10-14H2,1H3,(H,22,24). The monoisotopic (exact) mass is 341 g/mol. The number of rotatable bonds is 8. The molecule has 1 atom stereocenters. The van der Waals surface area contributed by atoms with Crippen LogP contribution in [0.5, 0.6) is 0 Å². The Morgan fingerprint density at radius 3 is 2.60 bits per heavy atom. The zero-order valence-electron chi connectivity index (χ0n) is 14.8. The Morgan fingerprint density at radius 1 is 1.16 bits per heavy atom. The Hall–Kier alpha value is -2.30. The van der Waals surface area contributed by atoms with Gasteiger partial charge < -0.3 is 15.5 Å². The SMILES string of the molecule is CN(CC1CC1)C(=O)CNc1ccccc1NC(=O)CC1C=CCC1. The van der Waals surface area contributed by atoms with E-state index in [2.05, 4.69) is 22.8 Å². The van der Waals surface area contributed by atoms with E-state index in [1.807, 2.05) is 31.3 Å². The van der Waals surface area contributed by atoms with Gasteiger partial charge in [0.1, 0.15) is 0 Å². The summed E-state index contributed by atoms with van der Waals surface area (Å²) in [6, 6.07) is 7.54. The molecule has 2 amide bonds. The first-order valence-electron chi connectivity index (χ1n) is 9.15. The van der Waals surface area contributed by atoms with E-state index in [-0.39, 0.29) is 18.4 Å². The van der Waals surface area contributed by atoms with Crippen LogP contribution in [0, 0.1) is 11.8 Å². The first kappa shape index (κ1) is 17.5. The van der Waals surface area contributed by atoms with Gasteiger partial charge in [-0.3, -0.25) is 9.59 Å². The van der Waals surface area contributed by atoms with Crippen molar-refractivity contribution in [3.8, 4) is 0 Å². The van der Waals surface area contributed by atoms with Crippen LogP contribution in [-0.4, -0.2) is 36.9 Å². The highest BCUT2D eigenvalue weighted by molar-refractivity contribution is 5.95. The Morgan fingerprint density at radius 2 is 1.92 bits per heavy atom. The van der Waals surface area contributed by atoms with Crippen molar-refractivity contribution >= 4 is 23.2 Å². The molecule has 0 bridgehead atoms. The molecule has 5 nitrogen and oxygen atoms in total. The normalized spacial score (nSPS) is 18.8. The highest BCUT2D eigenvalue weighted by Gasteiger charge is 2.24. The molecule has 0 heterocycles. The number of carbonyl (C=O) groups is 2. The molecule has 25 heavy (non-hydrogen) atoms. The van der Waals surface area contributed by atoms with Gasteiger partial charge >= 0.3 is 0 Å². The van der Waals surface area contributed by atoms with Crippen LogP contribution >= 0.6 is 0 Å². The molecule has 2 N–H and O–H groups in total. The number of para-hydroxylation sites is 2. The number of hydrogen-bond acceptors (Lipinski definition) is 3. The van der Waals surface area contributed by atoms with Gasteiger partial charge in [-0.05, 0) is 49.7 Å². The van der Waals surface area contributed by atoms with E-state index in [9.17, 15) is 9.59 Å². The minimum absolute atomic E-state index is 0.0166. The third kappa shape index (κ3) is 5.34. The molecular formula is C20H27N3O2. The van der Waals surface area contributed by atoms with E-state index in [1.54, 1.807) is 4.90 Å². The number of anilines is 2. The van der Waals surface area contributed by atoms with E-state index >= 15 is 0 Å². The Balaban J connectivity index is 1.51. The topological polar surface area (TPSA) is 61.4 Å². The summed E-state index contributed by atoms with van der Waals surface area (Å²) in [4.78, 5) is 26.2. The smallest absolute Gasteiger partial charge is 0.241 e. The van der Waals surface area contributed by atoms with E-state index in [0.29, 0.717) is 18.3 Å². The van der Waals surface area contributed by atoms with Crippen LogP contribution in [0.2, 0.25) is 0 Å². The first-order valence-corrected chi connectivity index (χ1v) is 9.15. The molecule has 2 aliphatic carbocycles. The number of allylic oxidation sites excluding steroid dienone is 2. The van der Waals surface area contributed by atoms with Crippen molar-refractivity contribution in [1.29, 1.82) is 0 Å². The summed E-state index contributed by atoms with van der Waals surface area (Å²) in [6.45, 7) is 1.08. The van der Waals surface area contributed by atoms with Gasteiger partial charge in [-0.1, -0.05) is 24.3 Å². The molecule has 0 aromatic heterocycles. The van der Waals surface area contributed by atoms with Gasteiger partial charge in [0.25, 0.3) is 0 Å². The Labute approximate surface area is 149 Å². The van der Waals surface area contributed by atoms with Crippen LogP contribution in [0.25, 0.3) is 0 Å². The summed E-state index contributed by atoms with van der Waals surface area (Å²) in [7, 11) is 1.85. The van der Waals surface area contributed by atoms with Crippen LogP contribution < -0.4 is 10.6 Å². The molecule has 1 aromatic carbocycles. The largest absolute Gasteiger partial charge is 0.374 e. The van der Waals surface area contributed by atoms with Crippen molar-refractivity contribution in [2.75, 3.05) is 30.8 Å². The summed E-state index contributed by atoms with van der Waals surface area (Å²) in [5.41, 5.74) is 1.51. The summed E-state index contributed by atoms with van der Waals surface area (Å²) in [5, 5.41) is 6.14. The maximum Gasteiger partial charge on any atom is 0.241 e. The molecule has 3 rings (SSSR count). The third-order valence-corrected chi connectivity index (χ3v) is 4.85. The Kier molecular flexibility index (Phi) is 5.74. The van der Waals surface area contributed by atoms with E-state index in [4.69, 9.17) is 0 Å². The average Bonchev–Trinajstić information content (AvgIpc) is 3.26. The van der Waals surface area contributed by atoms with Crippen molar-refractivity contribution < 1.29 is 9.59 Å².